The van der Waals surface area contributed by atoms with Crippen LogP contribution in [0.4, 0.5) is 5.13 Å². The maximum Gasteiger partial charge on any atom is 0.232 e. The first-order valence-electron chi connectivity index (χ1n) is 10.2. The fourth-order valence-electron chi connectivity index (χ4n) is 3.81. The zero-order valence-electron chi connectivity index (χ0n) is 16.8. The van der Waals surface area contributed by atoms with Crippen LogP contribution >= 0.6 is 11.3 Å². The third-order valence-electron chi connectivity index (χ3n) is 5.58. The number of ether oxygens (including phenoxy) is 1. The summed E-state index contributed by atoms with van der Waals surface area (Å²) < 4.78 is 5.25. The summed E-state index contributed by atoms with van der Waals surface area (Å²) in [6.45, 7) is 2.75. The summed E-state index contributed by atoms with van der Waals surface area (Å²) >= 11 is 1.44. The van der Waals surface area contributed by atoms with Gasteiger partial charge in [-0.3, -0.25) is 9.59 Å². The van der Waals surface area contributed by atoms with Crippen LogP contribution in [0.15, 0.2) is 24.3 Å². The van der Waals surface area contributed by atoms with Gasteiger partial charge in [0.2, 0.25) is 16.9 Å². The van der Waals surface area contributed by atoms with Gasteiger partial charge in [-0.05, 0) is 37.0 Å². The minimum Gasteiger partial charge on any atom is -0.497 e. The van der Waals surface area contributed by atoms with Gasteiger partial charge in [0.05, 0.1) is 19.1 Å². The lowest BCUT2D eigenvalue weighted by Crippen LogP contribution is -2.33. The van der Waals surface area contributed by atoms with Crippen molar-refractivity contribution in [3.05, 3.63) is 34.8 Å². The molecule has 2 heterocycles. The van der Waals surface area contributed by atoms with E-state index in [9.17, 15) is 9.59 Å². The number of hydrogen-bond acceptors (Lipinski definition) is 6. The summed E-state index contributed by atoms with van der Waals surface area (Å²) in [5.74, 6) is 0.650. The van der Waals surface area contributed by atoms with Gasteiger partial charge in [0.25, 0.3) is 0 Å². The molecule has 0 unspecified atom stereocenters. The van der Waals surface area contributed by atoms with Gasteiger partial charge >= 0.3 is 0 Å². The normalized spacial score (nSPS) is 21.4. The Morgan fingerprint density at radius 3 is 2.69 bits per heavy atom. The van der Waals surface area contributed by atoms with Gasteiger partial charge in [-0.2, -0.15) is 0 Å². The van der Waals surface area contributed by atoms with Crippen LogP contribution in [-0.4, -0.2) is 40.6 Å². The number of amides is 2. The molecule has 7 nitrogen and oxygen atoms in total. The van der Waals surface area contributed by atoms with Gasteiger partial charge in [0.15, 0.2) is 0 Å². The molecule has 2 aromatic rings. The minimum absolute atomic E-state index is 0.0235. The summed E-state index contributed by atoms with van der Waals surface area (Å²) in [6.07, 6.45) is 4.40. The Morgan fingerprint density at radius 2 is 2.03 bits per heavy atom. The average Bonchev–Trinajstić information content (AvgIpc) is 3.39. The van der Waals surface area contributed by atoms with Gasteiger partial charge < -0.3 is 15.0 Å². The highest BCUT2D eigenvalue weighted by Crippen LogP contribution is 2.43. The third-order valence-corrected chi connectivity index (χ3v) is 6.58. The average molecular weight is 415 g/mol. The second-order valence-corrected chi connectivity index (χ2v) is 8.69. The van der Waals surface area contributed by atoms with Crippen LogP contribution in [0.2, 0.25) is 0 Å². The van der Waals surface area contributed by atoms with Crippen molar-refractivity contribution in [2.75, 3.05) is 19.0 Å². The minimum atomic E-state index is -0.457. The van der Waals surface area contributed by atoms with E-state index in [-0.39, 0.29) is 24.3 Å². The molecule has 154 valence electrons. The van der Waals surface area contributed by atoms with E-state index in [1.54, 1.807) is 7.11 Å². The smallest absolute Gasteiger partial charge is 0.232 e. The summed E-state index contributed by atoms with van der Waals surface area (Å²) in [7, 11) is 1.62. The molecule has 2 atom stereocenters. The number of benzene rings is 1. The van der Waals surface area contributed by atoms with Crippen molar-refractivity contribution < 1.29 is 14.3 Å². The summed E-state index contributed by atoms with van der Waals surface area (Å²) in [5, 5.41) is 12.7. The number of nitrogens with zero attached hydrogens (tertiary/aromatic N) is 3. The maximum atomic E-state index is 13.1. The van der Waals surface area contributed by atoms with E-state index in [1.807, 2.05) is 29.2 Å². The molecule has 0 spiro atoms. The second-order valence-electron chi connectivity index (χ2n) is 7.68. The zero-order valence-corrected chi connectivity index (χ0v) is 17.6. The number of anilines is 1. The van der Waals surface area contributed by atoms with E-state index in [2.05, 4.69) is 22.4 Å². The van der Waals surface area contributed by atoms with E-state index >= 15 is 0 Å². The fraction of sp³-hybridized carbons (Fsp3) is 0.524. The van der Waals surface area contributed by atoms with Crippen LogP contribution in [-0.2, 0) is 9.59 Å². The summed E-state index contributed by atoms with van der Waals surface area (Å²) in [4.78, 5) is 27.7. The number of unbranched alkanes of at least 4 members (excludes halogenated alkanes) is 1. The lowest BCUT2D eigenvalue weighted by Gasteiger charge is -2.28. The van der Waals surface area contributed by atoms with Gasteiger partial charge in [0.1, 0.15) is 10.8 Å². The molecule has 4 rings (SSSR count). The summed E-state index contributed by atoms with van der Waals surface area (Å²) in [6, 6.07) is 7.35. The van der Waals surface area contributed by atoms with Crippen molar-refractivity contribution >= 4 is 28.3 Å². The number of rotatable bonds is 8. The van der Waals surface area contributed by atoms with Crippen molar-refractivity contribution in [3.63, 3.8) is 0 Å². The maximum absolute atomic E-state index is 13.1. The largest absolute Gasteiger partial charge is 0.497 e. The van der Waals surface area contributed by atoms with Crippen molar-refractivity contribution in [1.82, 2.24) is 15.1 Å². The monoisotopic (exact) mass is 414 g/mol. The molecule has 1 saturated carbocycles. The van der Waals surface area contributed by atoms with Gasteiger partial charge in [-0.1, -0.05) is 36.8 Å². The van der Waals surface area contributed by atoms with Crippen molar-refractivity contribution in [2.45, 2.75) is 51.0 Å². The SMILES string of the molecule is CCCCN1C(=O)C[C@H](C(=O)Nc2nnc(C3CC3)s2)[C@H]1c1ccc(OC)cc1. The van der Waals surface area contributed by atoms with E-state index in [4.69, 9.17) is 4.74 Å². The van der Waals surface area contributed by atoms with E-state index < -0.39 is 5.92 Å². The molecule has 1 aromatic carbocycles. The number of likely N-dealkylation sites (tertiary alicyclic amines) is 1. The predicted molar refractivity (Wildman–Crippen MR) is 111 cm³/mol. The van der Waals surface area contributed by atoms with Crippen LogP contribution in [0.5, 0.6) is 5.75 Å². The molecule has 0 bridgehead atoms. The Labute approximate surface area is 174 Å². The van der Waals surface area contributed by atoms with Crippen molar-refractivity contribution in [2.24, 2.45) is 5.92 Å². The quantitative estimate of drug-likeness (QED) is 0.711. The zero-order chi connectivity index (χ0) is 20.4. The molecule has 1 saturated heterocycles. The van der Waals surface area contributed by atoms with Crippen LogP contribution < -0.4 is 10.1 Å². The fourth-order valence-corrected chi connectivity index (χ4v) is 4.72. The standard InChI is InChI=1S/C21H26N4O3S/c1-3-4-11-25-17(26)12-16(18(25)13-7-9-15(28-2)10-8-13)19(27)22-21-24-23-20(29-21)14-5-6-14/h7-10,14,16,18H,3-6,11-12H2,1-2H3,(H,22,24,27)/t16-,18+/m0/s1. The molecule has 8 heteroatoms. The molecular weight excluding hydrogens is 388 g/mol. The third kappa shape index (κ3) is 4.27. The summed E-state index contributed by atoms with van der Waals surface area (Å²) in [5.41, 5.74) is 0.948. The Bertz CT molecular complexity index is 878. The first kappa shape index (κ1) is 19.8. The molecule has 1 N–H and O–H groups in total. The molecule has 0 radical (unpaired) electrons. The highest BCUT2D eigenvalue weighted by molar-refractivity contribution is 7.15. The number of hydrogen-bond donors (Lipinski definition) is 1. The Balaban J connectivity index is 1.56. The van der Waals surface area contributed by atoms with E-state index in [0.717, 1.165) is 42.0 Å². The molecule has 29 heavy (non-hydrogen) atoms. The van der Waals surface area contributed by atoms with E-state index in [0.29, 0.717) is 17.6 Å². The van der Waals surface area contributed by atoms with Crippen LogP contribution in [0, 0.1) is 5.92 Å². The number of nitrogens with one attached hydrogen (secondary N) is 1. The van der Waals surface area contributed by atoms with Crippen LogP contribution in [0.1, 0.15) is 61.6 Å². The van der Waals surface area contributed by atoms with Crippen LogP contribution in [0.25, 0.3) is 0 Å². The van der Waals surface area contributed by atoms with Gasteiger partial charge in [-0.25, -0.2) is 0 Å². The molecule has 2 aliphatic rings. The van der Waals surface area contributed by atoms with Gasteiger partial charge in [0, 0.05) is 18.9 Å². The van der Waals surface area contributed by atoms with Crippen molar-refractivity contribution in [3.8, 4) is 5.75 Å². The Morgan fingerprint density at radius 1 is 1.28 bits per heavy atom. The van der Waals surface area contributed by atoms with Crippen LogP contribution in [0.3, 0.4) is 0 Å². The molecule has 1 aliphatic carbocycles. The molecule has 1 aliphatic heterocycles. The molecule has 1 aromatic heterocycles. The number of carbonyl (C=O) groups excluding carboxylic acids is 2. The number of aromatic nitrogens is 2. The molecule has 2 amide bonds. The highest BCUT2D eigenvalue weighted by atomic mass is 32.1. The highest BCUT2D eigenvalue weighted by Gasteiger charge is 2.44. The molecular formula is C21H26N4O3S. The van der Waals surface area contributed by atoms with E-state index in [1.165, 1.54) is 11.3 Å². The Kier molecular flexibility index (Phi) is 5.80. The predicted octanol–water partition coefficient (Wildman–Crippen LogP) is 3.75. The topological polar surface area (TPSA) is 84.4 Å². The first-order chi connectivity index (χ1) is 14.1. The Hall–Kier alpha value is -2.48. The molecule has 2 fully saturated rings. The number of methoxy groups -OCH3 is 1. The second kappa shape index (κ2) is 8.49. The lowest BCUT2D eigenvalue weighted by molar-refractivity contribution is -0.129. The first-order valence-corrected chi connectivity index (χ1v) is 11.0. The van der Waals surface area contributed by atoms with Crippen molar-refractivity contribution in [1.29, 1.82) is 0 Å². The number of carbonyl (C=O) groups is 2. The van der Waals surface area contributed by atoms with Gasteiger partial charge in [-0.15, -0.1) is 10.2 Å². The lowest BCUT2D eigenvalue weighted by atomic mass is 9.92.